The maximum Gasteiger partial charge on any atom is 0.261 e. The lowest BCUT2D eigenvalue weighted by Gasteiger charge is -2.27. The van der Waals surface area contributed by atoms with Gasteiger partial charge in [0.25, 0.3) is 15.0 Å². The van der Waals surface area contributed by atoms with E-state index in [4.69, 9.17) is 10.7 Å². The van der Waals surface area contributed by atoms with E-state index in [1.54, 1.807) is 0 Å². The van der Waals surface area contributed by atoms with Gasteiger partial charge in [0.15, 0.2) is 0 Å². The van der Waals surface area contributed by atoms with E-state index in [9.17, 15) is 13.2 Å². The van der Waals surface area contributed by atoms with Crippen molar-refractivity contribution in [2.75, 3.05) is 6.54 Å². The molecule has 0 bridgehead atoms. The third kappa shape index (κ3) is 3.15. The number of likely N-dealkylation sites (tertiary alicyclic amines) is 1. The van der Waals surface area contributed by atoms with Gasteiger partial charge in [0.05, 0.1) is 4.90 Å². The van der Waals surface area contributed by atoms with Gasteiger partial charge in [0.2, 0.25) is 0 Å². The van der Waals surface area contributed by atoms with Gasteiger partial charge in [-0.15, -0.1) is 0 Å². The summed E-state index contributed by atoms with van der Waals surface area (Å²) in [6.45, 7) is 4.98. The molecule has 1 amide bonds. The predicted molar refractivity (Wildman–Crippen MR) is 78.4 cm³/mol. The summed E-state index contributed by atoms with van der Waals surface area (Å²) >= 11 is 0. The summed E-state index contributed by atoms with van der Waals surface area (Å²) in [7, 11) is 1.52. The number of halogens is 1. The fraction of sp³-hybridized carbons (Fsp3) is 0.500. The smallest absolute Gasteiger partial charge is 0.261 e. The molecule has 1 aliphatic heterocycles. The molecule has 1 unspecified atom stereocenters. The molecule has 1 saturated heterocycles. The van der Waals surface area contributed by atoms with Crippen LogP contribution < -0.4 is 0 Å². The van der Waals surface area contributed by atoms with Crippen LogP contribution in [0.4, 0.5) is 0 Å². The zero-order chi connectivity index (χ0) is 14.9. The number of nitrogens with zero attached hydrogens (tertiary/aromatic N) is 1. The van der Waals surface area contributed by atoms with E-state index in [1.807, 2.05) is 4.90 Å². The van der Waals surface area contributed by atoms with Crippen molar-refractivity contribution in [2.24, 2.45) is 5.92 Å². The molecule has 1 aliphatic rings. The van der Waals surface area contributed by atoms with Gasteiger partial charge in [-0.3, -0.25) is 4.79 Å². The summed E-state index contributed by atoms with van der Waals surface area (Å²) in [5, 5.41) is 0. The third-order valence-corrected chi connectivity index (χ3v) is 5.08. The van der Waals surface area contributed by atoms with E-state index in [0.717, 1.165) is 19.4 Å². The van der Waals surface area contributed by atoms with E-state index in [1.165, 1.54) is 24.3 Å². The number of rotatable bonds is 3. The molecule has 1 heterocycles. The molecule has 1 atom stereocenters. The molecule has 2 rings (SSSR count). The Morgan fingerprint density at radius 2 is 1.90 bits per heavy atom. The molecule has 0 spiro atoms. The Hall–Kier alpha value is -1.07. The van der Waals surface area contributed by atoms with Crippen LogP contribution in [0.15, 0.2) is 29.2 Å². The highest BCUT2D eigenvalue weighted by molar-refractivity contribution is 8.13. The molecule has 0 N–H and O–H groups in total. The van der Waals surface area contributed by atoms with Gasteiger partial charge >= 0.3 is 0 Å². The normalized spacial score (nSPS) is 19.6. The quantitative estimate of drug-likeness (QED) is 0.806. The number of carbonyl (C=O) groups is 1. The molecule has 110 valence electrons. The Balaban J connectivity index is 2.21. The lowest BCUT2D eigenvalue weighted by molar-refractivity contribution is 0.0701. The molecule has 1 aromatic carbocycles. The van der Waals surface area contributed by atoms with Crippen molar-refractivity contribution >= 4 is 25.6 Å². The molecule has 0 saturated carbocycles. The molecule has 0 radical (unpaired) electrons. The maximum absolute atomic E-state index is 12.5. The second-order valence-corrected chi connectivity index (χ2v) is 7.98. The summed E-state index contributed by atoms with van der Waals surface area (Å²) in [5.41, 5.74) is 0.501. The fourth-order valence-electron chi connectivity index (χ4n) is 2.66. The third-order valence-electron chi connectivity index (χ3n) is 3.71. The van der Waals surface area contributed by atoms with Crippen LogP contribution in [0.3, 0.4) is 0 Å². The van der Waals surface area contributed by atoms with Crippen molar-refractivity contribution in [3.05, 3.63) is 29.8 Å². The minimum atomic E-state index is -3.74. The van der Waals surface area contributed by atoms with Crippen LogP contribution in [0.2, 0.25) is 0 Å². The van der Waals surface area contributed by atoms with Crippen LogP contribution >= 0.6 is 10.7 Å². The first-order valence-corrected chi connectivity index (χ1v) is 8.97. The molecule has 4 nitrogen and oxygen atoms in total. The van der Waals surface area contributed by atoms with Crippen LogP contribution in [0.25, 0.3) is 0 Å². The highest BCUT2D eigenvalue weighted by Gasteiger charge is 2.31. The first kappa shape index (κ1) is 15.3. The standard InChI is InChI=1S/C14H18ClNO3S/c1-10(2)13-4-3-9-16(13)14(17)11-5-7-12(8-6-11)20(15,18)19/h5-8,10,13H,3-4,9H2,1-2H3. The topological polar surface area (TPSA) is 54.5 Å². The van der Waals surface area contributed by atoms with Crippen molar-refractivity contribution in [1.82, 2.24) is 4.90 Å². The lowest BCUT2D eigenvalue weighted by atomic mass is 10.0. The summed E-state index contributed by atoms with van der Waals surface area (Å²) in [4.78, 5) is 14.4. The molecular formula is C14H18ClNO3S. The SMILES string of the molecule is CC(C)C1CCCN1C(=O)c1ccc(S(=O)(=O)Cl)cc1. The van der Waals surface area contributed by atoms with Crippen molar-refractivity contribution in [2.45, 2.75) is 37.6 Å². The molecular weight excluding hydrogens is 298 g/mol. The monoisotopic (exact) mass is 315 g/mol. The minimum absolute atomic E-state index is 0.0116. The Bertz CT molecular complexity index is 595. The van der Waals surface area contributed by atoms with Crippen LogP contribution in [-0.4, -0.2) is 31.8 Å². The number of hydrogen-bond acceptors (Lipinski definition) is 3. The molecule has 0 aliphatic carbocycles. The molecule has 1 fully saturated rings. The summed E-state index contributed by atoms with van der Waals surface area (Å²) in [6, 6.07) is 6.05. The van der Waals surface area contributed by atoms with Crippen LogP contribution in [-0.2, 0) is 9.05 Å². The van der Waals surface area contributed by atoms with Crippen LogP contribution in [0.5, 0.6) is 0 Å². The van der Waals surface area contributed by atoms with E-state index in [2.05, 4.69) is 13.8 Å². The van der Waals surface area contributed by atoms with Gasteiger partial charge in [0, 0.05) is 28.8 Å². The largest absolute Gasteiger partial charge is 0.335 e. The van der Waals surface area contributed by atoms with Crippen molar-refractivity contribution in [3.8, 4) is 0 Å². The highest BCUT2D eigenvalue weighted by Crippen LogP contribution is 2.26. The Morgan fingerprint density at radius 3 is 2.40 bits per heavy atom. The van der Waals surface area contributed by atoms with Gasteiger partial charge < -0.3 is 4.90 Å². The summed E-state index contributed by atoms with van der Waals surface area (Å²) in [5.74, 6) is 0.378. The molecule has 1 aromatic rings. The Labute approximate surface area is 124 Å². The first-order chi connectivity index (χ1) is 9.30. The van der Waals surface area contributed by atoms with E-state index >= 15 is 0 Å². The van der Waals surface area contributed by atoms with Crippen LogP contribution in [0.1, 0.15) is 37.0 Å². The second kappa shape index (κ2) is 5.74. The molecule has 6 heteroatoms. The predicted octanol–water partition coefficient (Wildman–Crippen LogP) is 2.87. The Morgan fingerprint density at radius 1 is 1.30 bits per heavy atom. The van der Waals surface area contributed by atoms with E-state index < -0.39 is 9.05 Å². The highest BCUT2D eigenvalue weighted by atomic mass is 35.7. The molecule has 0 aromatic heterocycles. The average Bonchev–Trinajstić information content (AvgIpc) is 2.86. The van der Waals surface area contributed by atoms with Gasteiger partial charge in [-0.2, -0.15) is 0 Å². The van der Waals surface area contributed by atoms with Gasteiger partial charge in [-0.25, -0.2) is 8.42 Å². The van der Waals surface area contributed by atoms with Gasteiger partial charge in [-0.05, 0) is 43.0 Å². The average molecular weight is 316 g/mol. The van der Waals surface area contributed by atoms with E-state index in [0.29, 0.717) is 11.5 Å². The van der Waals surface area contributed by atoms with Crippen LogP contribution in [0, 0.1) is 5.92 Å². The number of amides is 1. The lowest BCUT2D eigenvalue weighted by Crippen LogP contribution is -2.38. The number of carbonyl (C=O) groups excluding carboxylic acids is 1. The van der Waals surface area contributed by atoms with Crippen molar-refractivity contribution in [3.63, 3.8) is 0 Å². The van der Waals surface area contributed by atoms with Crippen molar-refractivity contribution in [1.29, 1.82) is 0 Å². The van der Waals surface area contributed by atoms with E-state index in [-0.39, 0.29) is 16.8 Å². The zero-order valence-corrected chi connectivity index (χ0v) is 13.1. The Kier molecular flexibility index (Phi) is 4.39. The molecule has 20 heavy (non-hydrogen) atoms. The number of benzene rings is 1. The minimum Gasteiger partial charge on any atom is -0.335 e. The fourth-order valence-corrected chi connectivity index (χ4v) is 3.43. The first-order valence-electron chi connectivity index (χ1n) is 6.66. The summed E-state index contributed by atoms with van der Waals surface area (Å²) < 4.78 is 22.4. The maximum atomic E-state index is 12.5. The summed E-state index contributed by atoms with van der Waals surface area (Å²) in [6.07, 6.45) is 2.04. The van der Waals surface area contributed by atoms with Crippen molar-refractivity contribution < 1.29 is 13.2 Å². The second-order valence-electron chi connectivity index (χ2n) is 5.41. The van der Waals surface area contributed by atoms with Gasteiger partial charge in [0.1, 0.15) is 0 Å². The zero-order valence-electron chi connectivity index (χ0n) is 11.5. The number of hydrogen-bond donors (Lipinski definition) is 0. The van der Waals surface area contributed by atoms with Gasteiger partial charge in [-0.1, -0.05) is 13.8 Å².